The first-order valence-electron chi connectivity index (χ1n) is 23.2. The van der Waals surface area contributed by atoms with Crippen molar-refractivity contribution in [1.29, 1.82) is 0 Å². The van der Waals surface area contributed by atoms with Gasteiger partial charge < -0.3 is 0 Å². The SMILES string of the molecule is C1=CC2=c3ccc4c5cc6c7c8c9c%10c%11c%12c%13c%14c(cc%15c%16c%17c%18c%19c(c3c4c3c5c7c%10c(c%18c%11c%14%16)c%193)C23Cc2cc4ccccc4cc2CC%173C=%151)CC%13=CC(C=C8CC6)C%129. The molecule has 0 heteroatoms. The molecule has 0 fully saturated rings. The molecule has 61 heavy (non-hydrogen) atoms. The molecule has 13 aromatic rings. The average molecular weight is 759 g/mol. The van der Waals surface area contributed by atoms with Crippen LogP contribution in [0.25, 0.3) is 141 Å². The fourth-order valence-electron chi connectivity index (χ4n) is 19.5. The summed E-state index contributed by atoms with van der Waals surface area (Å²) in [5.74, 6) is 0.899. The second-order valence-corrected chi connectivity index (χ2v) is 21.8. The Morgan fingerprint density at radius 1 is 0.426 bits per heavy atom. The molecule has 10 aliphatic rings. The molecular weight excluding hydrogens is 733 g/mol. The van der Waals surface area contributed by atoms with Gasteiger partial charge in [0, 0.05) is 22.7 Å². The highest BCUT2D eigenvalue weighted by molar-refractivity contribution is 6.61. The van der Waals surface area contributed by atoms with E-state index in [0.717, 1.165) is 25.7 Å². The molecule has 13 aromatic carbocycles. The second-order valence-electron chi connectivity index (χ2n) is 21.8. The zero-order valence-electron chi connectivity index (χ0n) is 32.8. The Labute approximate surface area is 345 Å². The van der Waals surface area contributed by atoms with Crippen molar-refractivity contribution in [2.24, 2.45) is 5.92 Å². The minimum atomic E-state index is -0.160. The number of aryl methyl sites for hydroxylation is 1. The van der Waals surface area contributed by atoms with Crippen LogP contribution in [0, 0.1) is 5.92 Å². The second kappa shape index (κ2) is 6.98. The van der Waals surface area contributed by atoms with Gasteiger partial charge in [-0.2, -0.15) is 0 Å². The summed E-state index contributed by atoms with van der Waals surface area (Å²) in [6.07, 6.45) is 16.5. The van der Waals surface area contributed by atoms with Gasteiger partial charge in [0.15, 0.2) is 0 Å². The molecule has 0 heterocycles. The van der Waals surface area contributed by atoms with Crippen molar-refractivity contribution in [2.75, 3.05) is 0 Å². The molecule has 23 rings (SSSR count). The van der Waals surface area contributed by atoms with Crippen molar-refractivity contribution in [3.8, 4) is 0 Å². The first-order chi connectivity index (χ1) is 30.2. The zero-order valence-corrected chi connectivity index (χ0v) is 32.8. The lowest BCUT2D eigenvalue weighted by atomic mass is 9.43. The molecule has 0 saturated carbocycles. The Morgan fingerprint density at radius 2 is 1.02 bits per heavy atom. The highest BCUT2D eigenvalue weighted by Gasteiger charge is 2.68. The van der Waals surface area contributed by atoms with Crippen molar-refractivity contribution in [3.05, 3.63) is 151 Å². The van der Waals surface area contributed by atoms with Crippen molar-refractivity contribution < 1.29 is 0 Å². The molecule has 0 bridgehead atoms. The average Bonchev–Trinajstić information content (AvgIpc) is 4.11. The molecule has 0 saturated heterocycles. The Balaban J connectivity index is 1.14. The number of hydrogen-bond donors (Lipinski definition) is 0. The molecule has 0 amide bonds. The maximum atomic E-state index is 2.78. The van der Waals surface area contributed by atoms with Crippen molar-refractivity contribution >= 4 is 141 Å². The molecule has 270 valence electrons. The van der Waals surface area contributed by atoms with E-state index in [1.54, 1.807) is 180 Å². The summed E-state index contributed by atoms with van der Waals surface area (Å²) in [4.78, 5) is 0. The van der Waals surface area contributed by atoms with Crippen LogP contribution in [-0.4, -0.2) is 0 Å². The lowest BCUT2D eigenvalue weighted by molar-refractivity contribution is 0.335. The van der Waals surface area contributed by atoms with E-state index in [4.69, 9.17) is 0 Å². The molecule has 2 spiro atoms. The molecular formula is C61H26. The summed E-state index contributed by atoms with van der Waals surface area (Å²) in [6.45, 7) is 0. The molecule has 0 nitrogen and oxygen atoms in total. The molecule has 0 aromatic heterocycles. The van der Waals surface area contributed by atoms with Crippen LogP contribution in [0.4, 0.5) is 0 Å². The predicted molar refractivity (Wildman–Crippen MR) is 252 cm³/mol. The van der Waals surface area contributed by atoms with Gasteiger partial charge in [0.05, 0.1) is 0 Å². The summed E-state index contributed by atoms with van der Waals surface area (Å²) >= 11 is 0. The summed E-state index contributed by atoms with van der Waals surface area (Å²) in [5.41, 5.74) is 22.9. The molecule has 0 aliphatic heterocycles. The highest BCUT2D eigenvalue weighted by Crippen LogP contribution is 2.77. The standard InChI is InChI=1S/C61H26/c1-2-4-21-12-28-19-61-34-10-9-33-30-8-7-29-31-16-23-6-5-22-13-24-14-25-15-26-17-32(34)43-47-38(26)37(25)45-39(24)44-35(22)36(23)46-41(31)48-40(29)42(30)58(60(33,61)18-27(28)11-20(21)3-1)56-54(48)53-51(46)49(44)50(45)52(47)55(53)57(56)59(43)61/h1-4,7-14,16-17,24,39H,5-6,15,18-19H2. The minimum absolute atomic E-state index is 0.160. The molecule has 0 radical (unpaired) electrons. The number of fused-ring (bicyclic) bond motifs is 3. The quantitative estimate of drug-likeness (QED) is 0.107. The van der Waals surface area contributed by atoms with E-state index >= 15 is 0 Å². The topological polar surface area (TPSA) is 0 Å². The van der Waals surface area contributed by atoms with Gasteiger partial charge in [0.25, 0.3) is 0 Å². The Bertz CT molecular complexity index is 5000. The molecule has 10 aliphatic carbocycles. The van der Waals surface area contributed by atoms with E-state index in [1.165, 1.54) is 33.2 Å². The third kappa shape index (κ3) is 1.91. The Kier molecular flexibility index (Phi) is 3.03. The number of hydrogen-bond acceptors (Lipinski definition) is 0. The zero-order chi connectivity index (χ0) is 37.5. The smallest absolute Gasteiger partial charge is 0.0403 e. The van der Waals surface area contributed by atoms with E-state index in [0.29, 0.717) is 11.8 Å². The number of benzene rings is 11. The van der Waals surface area contributed by atoms with E-state index in [2.05, 4.69) is 85.0 Å². The molecule has 4 unspecified atom stereocenters. The van der Waals surface area contributed by atoms with Gasteiger partial charge in [0.1, 0.15) is 0 Å². The van der Waals surface area contributed by atoms with Crippen molar-refractivity contribution in [1.82, 2.24) is 0 Å². The third-order valence-corrected chi connectivity index (χ3v) is 20.6. The maximum Gasteiger partial charge on any atom is 0.0403 e. The monoisotopic (exact) mass is 758 g/mol. The van der Waals surface area contributed by atoms with E-state index in [9.17, 15) is 0 Å². The van der Waals surface area contributed by atoms with Crippen LogP contribution in [0.5, 0.6) is 0 Å². The minimum Gasteiger partial charge on any atom is -0.0728 e. The van der Waals surface area contributed by atoms with Gasteiger partial charge in [-0.05, 0) is 251 Å². The lowest BCUT2D eigenvalue weighted by Gasteiger charge is -2.58. The molecule has 0 N–H and O–H groups in total. The fourth-order valence-corrected chi connectivity index (χ4v) is 19.5. The fraction of sp³-hybridized carbons (Fsp3) is 0.148. The predicted octanol–water partition coefficient (Wildman–Crippen LogP) is 12.5. The van der Waals surface area contributed by atoms with Crippen LogP contribution in [0.3, 0.4) is 0 Å². The van der Waals surface area contributed by atoms with Gasteiger partial charge in [-0.3, -0.25) is 0 Å². The number of allylic oxidation sites excluding steroid dienone is 6. The van der Waals surface area contributed by atoms with Gasteiger partial charge in [-0.15, -0.1) is 0 Å². The van der Waals surface area contributed by atoms with E-state index in [-0.39, 0.29) is 10.8 Å². The largest absolute Gasteiger partial charge is 0.0728 e. The van der Waals surface area contributed by atoms with Crippen molar-refractivity contribution in [3.63, 3.8) is 0 Å². The van der Waals surface area contributed by atoms with Crippen LogP contribution in [0.15, 0.2) is 85.0 Å². The summed E-state index contributed by atoms with van der Waals surface area (Å²) in [6, 6.07) is 25.1. The highest BCUT2D eigenvalue weighted by atomic mass is 14.7. The van der Waals surface area contributed by atoms with Crippen molar-refractivity contribution in [2.45, 2.75) is 48.9 Å². The van der Waals surface area contributed by atoms with Crippen LogP contribution in [-0.2, 0) is 36.5 Å². The van der Waals surface area contributed by atoms with Gasteiger partial charge in [-0.25, -0.2) is 0 Å². The molecule has 4 atom stereocenters. The van der Waals surface area contributed by atoms with E-state index in [1.807, 2.05) is 0 Å². The Hall–Kier alpha value is -6.76. The lowest BCUT2D eigenvalue weighted by Crippen LogP contribution is -2.57. The van der Waals surface area contributed by atoms with Crippen LogP contribution < -0.4 is 10.4 Å². The van der Waals surface area contributed by atoms with Crippen LogP contribution in [0.1, 0.15) is 68.0 Å². The van der Waals surface area contributed by atoms with Crippen LogP contribution in [0.2, 0.25) is 0 Å². The van der Waals surface area contributed by atoms with Gasteiger partial charge in [0.2, 0.25) is 0 Å². The maximum absolute atomic E-state index is 2.78. The van der Waals surface area contributed by atoms with Gasteiger partial charge in [-0.1, -0.05) is 72.8 Å². The summed E-state index contributed by atoms with van der Waals surface area (Å²) in [5, 5.41) is 38.6. The third-order valence-electron chi connectivity index (χ3n) is 20.6. The van der Waals surface area contributed by atoms with Crippen LogP contribution >= 0.6 is 0 Å². The number of rotatable bonds is 0. The Morgan fingerprint density at radius 3 is 1.79 bits per heavy atom. The van der Waals surface area contributed by atoms with Gasteiger partial charge >= 0.3 is 0 Å². The first-order valence-corrected chi connectivity index (χ1v) is 23.2. The summed E-state index contributed by atoms with van der Waals surface area (Å²) < 4.78 is 0. The van der Waals surface area contributed by atoms with E-state index < -0.39 is 0 Å². The first kappa shape index (κ1) is 26.5. The normalized spacial score (nSPS) is 26.6. The summed E-state index contributed by atoms with van der Waals surface area (Å²) in [7, 11) is 0.